The molecule has 0 spiro atoms. The molecule has 1 aliphatic carbocycles. The number of hydrogen-bond acceptors (Lipinski definition) is 2. The summed E-state index contributed by atoms with van der Waals surface area (Å²) < 4.78 is 18.3. The molecule has 1 N–H and O–H groups in total. The molecule has 1 saturated carbocycles. The predicted molar refractivity (Wildman–Crippen MR) is 63.1 cm³/mol. The molecule has 3 heteroatoms. The van der Waals surface area contributed by atoms with Crippen LogP contribution in [0.25, 0.3) is 0 Å². The number of halogens is 1. The average Bonchev–Trinajstić information content (AvgIpc) is 3.06. The molecule has 16 heavy (non-hydrogen) atoms. The summed E-state index contributed by atoms with van der Waals surface area (Å²) in [5, 5.41) is 3.42. The van der Waals surface area contributed by atoms with E-state index in [1.807, 2.05) is 6.07 Å². The maximum Gasteiger partial charge on any atom is 0.126 e. The van der Waals surface area contributed by atoms with E-state index in [4.69, 9.17) is 4.74 Å². The number of methoxy groups -OCH3 is 1. The zero-order valence-electron chi connectivity index (χ0n) is 9.79. The zero-order valence-corrected chi connectivity index (χ0v) is 9.79. The first-order valence-electron chi connectivity index (χ1n) is 5.72. The normalized spacial score (nSPS) is 17.2. The van der Waals surface area contributed by atoms with E-state index in [-0.39, 0.29) is 5.82 Å². The molecular weight excluding hydrogens is 205 g/mol. The maximum absolute atomic E-state index is 13.1. The number of aryl methyl sites for hydroxylation is 1. The number of nitrogens with one attached hydrogen (secondary N) is 1. The van der Waals surface area contributed by atoms with Gasteiger partial charge in [-0.05, 0) is 49.4 Å². The Kier molecular flexibility index (Phi) is 3.44. The molecule has 0 amide bonds. The van der Waals surface area contributed by atoms with Crippen molar-refractivity contribution >= 4 is 5.69 Å². The Morgan fingerprint density at radius 1 is 1.50 bits per heavy atom. The van der Waals surface area contributed by atoms with Gasteiger partial charge in [0, 0.05) is 12.8 Å². The van der Waals surface area contributed by atoms with Crippen LogP contribution in [0.5, 0.6) is 0 Å². The Labute approximate surface area is 95.8 Å². The average molecular weight is 223 g/mol. The SMILES string of the molecule is COCC(Nc1ccc(F)c(C)c1)C1CC1. The molecule has 1 aromatic carbocycles. The lowest BCUT2D eigenvalue weighted by Crippen LogP contribution is -2.27. The van der Waals surface area contributed by atoms with E-state index in [1.165, 1.54) is 18.9 Å². The molecule has 0 saturated heterocycles. The fourth-order valence-corrected chi connectivity index (χ4v) is 1.92. The van der Waals surface area contributed by atoms with Gasteiger partial charge in [-0.2, -0.15) is 0 Å². The number of anilines is 1. The summed E-state index contributed by atoms with van der Waals surface area (Å²) in [6.45, 7) is 2.49. The fraction of sp³-hybridized carbons (Fsp3) is 0.538. The number of benzene rings is 1. The number of hydrogen-bond donors (Lipinski definition) is 1. The summed E-state index contributed by atoms with van der Waals surface area (Å²) in [5.74, 6) is 0.561. The predicted octanol–water partition coefficient (Wildman–Crippen LogP) is 2.97. The first-order valence-corrected chi connectivity index (χ1v) is 5.72. The number of rotatable bonds is 5. The molecule has 1 fully saturated rings. The van der Waals surface area contributed by atoms with Crippen LogP contribution in [0.1, 0.15) is 18.4 Å². The van der Waals surface area contributed by atoms with Crippen molar-refractivity contribution in [2.75, 3.05) is 19.0 Å². The van der Waals surface area contributed by atoms with Gasteiger partial charge in [0.1, 0.15) is 5.82 Å². The minimum atomic E-state index is -0.153. The Hall–Kier alpha value is -1.09. The summed E-state index contributed by atoms with van der Waals surface area (Å²) in [5.41, 5.74) is 1.66. The van der Waals surface area contributed by atoms with Crippen molar-refractivity contribution in [2.24, 2.45) is 5.92 Å². The monoisotopic (exact) mass is 223 g/mol. The molecule has 0 aromatic heterocycles. The Balaban J connectivity index is 2.03. The van der Waals surface area contributed by atoms with Crippen LogP contribution in [0.2, 0.25) is 0 Å². The minimum Gasteiger partial charge on any atom is -0.383 e. The lowest BCUT2D eigenvalue weighted by atomic mass is 10.1. The van der Waals surface area contributed by atoms with Gasteiger partial charge >= 0.3 is 0 Å². The van der Waals surface area contributed by atoms with Gasteiger partial charge in [-0.3, -0.25) is 0 Å². The fourth-order valence-electron chi connectivity index (χ4n) is 1.92. The molecule has 88 valence electrons. The highest BCUT2D eigenvalue weighted by Crippen LogP contribution is 2.34. The topological polar surface area (TPSA) is 21.3 Å². The third-order valence-electron chi connectivity index (χ3n) is 3.05. The van der Waals surface area contributed by atoms with Crippen LogP contribution < -0.4 is 5.32 Å². The summed E-state index contributed by atoms with van der Waals surface area (Å²) in [6, 6.07) is 5.50. The summed E-state index contributed by atoms with van der Waals surface area (Å²) >= 11 is 0. The number of ether oxygens (including phenoxy) is 1. The van der Waals surface area contributed by atoms with E-state index in [1.54, 1.807) is 20.1 Å². The molecule has 1 atom stereocenters. The first-order chi connectivity index (χ1) is 7.70. The van der Waals surface area contributed by atoms with Crippen molar-refractivity contribution in [2.45, 2.75) is 25.8 Å². The highest BCUT2D eigenvalue weighted by molar-refractivity contribution is 5.47. The Morgan fingerprint density at radius 2 is 2.25 bits per heavy atom. The van der Waals surface area contributed by atoms with Gasteiger partial charge in [0.2, 0.25) is 0 Å². The molecule has 0 bridgehead atoms. The summed E-state index contributed by atoms with van der Waals surface area (Å²) in [7, 11) is 1.72. The second kappa shape index (κ2) is 4.83. The van der Waals surface area contributed by atoms with E-state index in [2.05, 4.69) is 5.32 Å². The third kappa shape index (κ3) is 2.73. The van der Waals surface area contributed by atoms with E-state index < -0.39 is 0 Å². The van der Waals surface area contributed by atoms with Gasteiger partial charge in [0.25, 0.3) is 0 Å². The van der Waals surface area contributed by atoms with Crippen molar-refractivity contribution in [1.29, 1.82) is 0 Å². The van der Waals surface area contributed by atoms with Crippen LogP contribution in [-0.2, 0) is 4.74 Å². The second-order valence-electron chi connectivity index (χ2n) is 4.51. The molecule has 2 rings (SSSR count). The quantitative estimate of drug-likeness (QED) is 0.828. The van der Waals surface area contributed by atoms with E-state index in [0.29, 0.717) is 24.1 Å². The van der Waals surface area contributed by atoms with E-state index in [9.17, 15) is 4.39 Å². The highest BCUT2D eigenvalue weighted by Gasteiger charge is 2.31. The summed E-state index contributed by atoms with van der Waals surface area (Å²) in [6.07, 6.45) is 2.53. The molecule has 2 nitrogen and oxygen atoms in total. The van der Waals surface area contributed by atoms with Crippen molar-refractivity contribution in [3.8, 4) is 0 Å². The molecule has 0 aliphatic heterocycles. The molecule has 0 heterocycles. The second-order valence-corrected chi connectivity index (χ2v) is 4.51. The van der Waals surface area contributed by atoms with Crippen LogP contribution in [0, 0.1) is 18.7 Å². The smallest absolute Gasteiger partial charge is 0.126 e. The lowest BCUT2D eigenvalue weighted by Gasteiger charge is -2.19. The van der Waals surface area contributed by atoms with Crippen LogP contribution in [0.4, 0.5) is 10.1 Å². The lowest BCUT2D eigenvalue weighted by molar-refractivity contribution is 0.179. The van der Waals surface area contributed by atoms with Gasteiger partial charge in [-0.1, -0.05) is 0 Å². The largest absolute Gasteiger partial charge is 0.383 e. The molecule has 1 aromatic rings. The molecule has 1 aliphatic rings. The Morgan fingerprint density at radius 3 is 2.81 bits per heavy atom. The van der Waals surface area contributed by atoms with Gasteiger partial charge in [-0.25, -0.2) is 4.39 Å². The van der Waals surface area contributed by atoms with Gasteiger partial charge < -0.3 is 10.1 Å². The molecule has 0 radical (unpaired) electrons. The highest BCUT2D eigenvalue weighted by atomic mass is 19.1. The van der Waals surface area contributed by atoms with Crippen LogP contribution in [0.3, 0.4) is 0 Å². The van der Waals surface area contributed by atoms with Crippen LogP contribution >= 0.6 is 0 Å². The van der Waals surface area contributed by atoms with Gasteiger partial charge in [-0.15, -0.1) is 0 Å². The standard InChI is InChI=1S/C13H18FNO/c1-9-7-11(5-6-12(9)14)15-13(8-16-2)10-3-4-10/h5-7,10,13,15H,3-4,8H2,1-2H3. The zero-order chi connectivity index (χ0) is 11.5. The Bertz CT molecular complexity index is 363. The van der Waals surface area contributed by atoms with E-state index in [0.717, 1.165) is 5.69 Å². The van der Waals surface area contributed by atoms with Crippen molar-refractivity contribution < 1.29 is 9.13 Å². The third-order valence-corrected chi connectivity index (χ3v) is 3.05. The first kappa shape index (κ1) is 11.4. The summed E-state index contributed by atoms with van der Waals surface area (Å²) in [4.78, 5) is 0. The van der Waals surface area contributed by atoms with Crippen LogP contribution in [-0.4, -0.2) is 19.8 Å². The van der Waals surface area contributed by atoms with E-state index >= 15 is 0 Å². The molecular formula is C13H18FNO. The van der Waals surface area contributed by atoms with Crippen molar-refractivity contribution in [3.05, 3.63) is 29.6 Å². The van der Waals surface area contributed by atoms with Gasteiger partial charge in [0.15, 0.2) is 0 Å². The van der Waals surface area contributed by atoms with Crippen LogP contribution in [0.15, 0.2) is 18.2 Å². The van der Waals surface area contributed by atoms with Gasteiger partial charge in [0.05, 0.1) is 12.6 Å². The maximum atomic E-state index is 13.1. The molecule has 1 unspecified atom stereocenters. The van der Waals surface area contributed by atoms with Crippen molar-refractivity contribution in [3.63, 3.8) is 0 Å². The minimum absolute atomic E-state index is 0.153. The van der Waals surface area contributed by atoms with Crippen molar-refractivity contribution in [1.82, 2.24) is 0 Å².